The summed E-state index contributed by atoms with van der Waals surface area (Å²) < 4.78 is 14.7. The van der Waals surface area contributed by atoms with Crippen molar-refractivity contribution in [1.29, 1.82) is 0 Å². The van der Waals surface area contributed by atoms with Crippen LogP contribution in [0.15, 0.2) is 41.5 Å². The van der Waals surface area contributed by atoms with Crippen molar-refractivity contribution in [2.45, 2.75) is 26.2 Å². The number of unbranched alkanes of at least 4 members (excludes halogenated alkanes) is 1. The van der Waals surface area contributed by atoms with Crippen LogP contribution in [0.1, 0.15) is 25.5 Å². The molecule has 0 saturated carbocycles. The van der Waals surface area contributed by atoms with Crippen molar-refractivity contribution in [1.82, 2.24) is 20.4 Å². The smallest absolute Gasteiger partial charge is 0.190 e. The van der Waals surface area contributed by atoms with E-state index in [0.29, 0.717) is 0 Å². The van der Waals surface area contributed by atoms with Gasteiger partial charge in [0.2, 0.25) is 0 Å². The Kier molecular flexibility index (Phi) is 9.36. The molecule has 7 heteroatoms. The van der Waals surface area contributed by atoms with Crippen LogP contribution in [0.5, 0.6) is 0 Å². The Labute approximate surface area is 159 Å². The molecule has 0 amide bonds. The van der Waals surface area contributed by atoms with Crippen molar-refractivity contribution < 1.29 is 4.39 Å². The Bertz CT molecular complexity index is 624. The standard InChI is InChI=1S/C17H24FN5.HI/c1-3-4-11-20-17(19-2)21-12-9-15-10-13-23(22-15)16-7-5-14(18)6-8-16;/h5-8,10,13H,3-4,9,11-12H2,1-2H3,(H2,19,20,21);1H. The summed E-state index contributed by atoms with van der Waals surface area (Å²) >= 11 is 0. The van der Waals surface area contributed by atoms with Gasteiger partial charge in [0.1, 0.15) is 5.82 Å². The number of hydrogen-bond donors (Lipinski definition) is 2. The minimum absolute atomic E-state index is 0. The van der Waals surface area contributed by atoms with E-state index in [1.807, 2.05) is 12.3 Å². The summed E-state index contributed by atoms with van der Waals surface area (Å²) in [6.45, 7) is 3.84. The fraction of sp³-hybridized carbons (Fsp3) is 0.412. The molecule has 0 bridgehead atoms. The topological polar surface area (TPSA) is 54.2 Å². The third-order valence-corrected chi connectivity index (χ3v) is 3.46. The van der Waals surface area contributed by atoms with Gasteiger partial charge in [0.25, 0.3) is 0 Å². The van der Waals surface area contributed by atoms with Crippen molar-refractivity contribution in [3.05, 3.63) is 48.0 Å². The minimum atomic E-state index is -0.243. The van der Waals surface area contributed by atoms with Gasteiger partial charge in [-0.1, -0.05) is 13.3 Å². The summed E-state index contributed by atoms with van der Waals surface area (Å²) in [7, 11) is 1.77. The molecule has 0 aliphatic carbocycles. The summed E-state index contributed by atoms with van der Waals surface area (Å²) in [5.41, 5.74) is 1.83. The van der Waals surface area contributed by atoms with Crippen molar-refractivity contribution in [3.63, 3.8) is 0 Å². The highest BCUT2D eigenvalue weighted by atomic mass is 127. The van der Waals surface area contributed by atoms with Crippen molar-refractivity contribution in [2.75, 3.05) is 20.1 Å². The largest absolute Gasteiger partial charge is 0.356 e. The van der Waals surface area contributed by atoms with Crippen molar-refractivity contribution in [3.8, 4) is 5.69 Å². The highest BCUT2D eigenvalue weighted by molar-refractivity contribution is 14.0. The second-order valence-corrected chi connectivity index (χ2v) is 5.26. The van der Waals surface area contributed by atoms with Crippen LogP contribution >= 0.6 is 24.0 Å². The molecule has 2 aromatic rings. The van der Waals surface area contributed by atoms with E-state index in [0.717, 1.165) is 49.7 Å². The van der Waals surface area contributed by atoms with E-state index in [4.69, 9.17) is 0 Å². The maximum absolute atomic E-state index is 12.9. The number of nitrogens with one attached hydrogen (secondary N) is 2. The Morgan fingerprint density at radius 1 is 1.17 bits per heavy atom. The fourth-order valence-corrected chi connectivity index (χ4v) is 2.15. The summed E-state index contributed by atoms with van der Waals surface area (Å²) in [5, 5.41) is 11.0. The molecule has 1 heterocycles. The first-order valence-corrected chi connectivity index (χ1v) is 7.98. The number of halogens is 2. The van der Waals surface area contributed by atoms with Gasteiger partial charge in [0, 0.05) is 32.8 Å². The number of nitrogens with zero attached hydrogens (tertiary/aromatic N) is 3. The van der Waals surface area contributed by atoms with Crippen LogP contribution in [0, 0.1) is 5.82 Å². The highest BCUT2D eigenvalue weighted by Crippen LogP contribution is 2.09. The molecule has 0 aliphatic heterocycles. The van der Waals surface area contributed by atoms with E-state index in [9.17, 15) is 4.39 Å². The van der Waals surface area contributed by atoms with Gasteiger partial charge < -0.3 is 10.6 Å². The molecule has 0 radical (unpaired) electrons. The third-order valence-electron chi connectivity index (χ3n) is 3.46. The number of hydrogen-bond acceptors (Lipinski definition) is 2. The first kappa shape index (κ1) is 20.4. The monoisotopic (exact) mass is 445 g/mol. The Hall–Kier alpha value is -1.64. The molecule has 0 spiro atoms. The van der Waals surface area contributed by atoms with E-state index < -0.39 is 0 Å². The van der Waals surface area contributed by atoms with Gasteiger partial charge in [0.05, 0.1) is 11.4 Å². The molecule has 0 saturated heterocycles. The first-order valence-electron chi connectivity index (χ1n) is 7.98. The van der Waals surface area contributed by atoms with E-state index >= 15 is 0 Å². The highest BCUT2D eigenvalue weighted by Gasteiger charge is 2.03. The Morgan fingerprint density at radius 2 is 1.88 bits per heavy atom. The van der Waals surface area contributed by atoms with Crippen LogP contribution in [-0.2, 0) is 6.42 Å². The van der Waals surface area contributed by atoms with Crippen molar-refractivity contribution in [2.24, 2.45) is 4.99 Å². The molecule has 5 nitrogen and oxygen atoms in total. The Morgan fingerprint density at radius 3 is 2.54 bits per heavy atom. The number of guanidine groups is 1. The van der Waals surface area contributed by atoms with Gasteiger partial charge in [-0.25, -0.2) is 9.07 Å². The molecule has 0 unspecified atom stereocenters. The van der Waals surface area contributed by atoms with Crippen LogP contribution in [0.2, 0.25) is 0 Å². The molecule has 1 aromatic heterocycles. The lowest BCUT2D eigenvalue weighted by Crippen LogP contribution is -2.38. The molecule has 2 rings (SSSR count). The molecule has 2 N–H and O–H groups in total. The molecule has 1 aromatic carbocycles. The van der Waals surface area contributed by atoms with Gasteiger partial charge in [-0.05, 0) is 36.8 Å². The number of benzene rings is 1. The lowest BCUT2D eigenvalue weighted by molar-refractivity contribution is 0.627. The van der Waals surface area contributed by atoms with Crippen LogP contribution in [0.25, 0.3) is 5.69 Å². The SMILES string of the molecule is CCCCNC(=NC)NCCc1ccn(-c2ccc(F)cc2)n1.I. The molecule has 132 valence electrons. The summed E-state index contributed by atoms with van der Waals surface area (Å²) in [5.74, 6) is 0.573. The zero-order valence-electron chi connectivity index (χ0n) is 14.1. The number of aliphatic imine (C=N–C) groups is 1. The average Bonchev–Trinajstić information content (AvgIpc) is 3.03. The maximum Gasteiger partial charge on any atom is 0.190 e. The second kappa shape index (κ2) is 11.0. The molecular formula is C17H25FIN5. The zero-order valence-corrected chi connectivity index (χ0v) is 16.5. The lowest BCUT2D eigenvalue weighted by atomic mass is 10.3. The van der Waals surface area contributed by atoms with Crippen LogP contribution in [-0.4, -0.2) is 35.9 Å². The molecule has 0 aliphatic rings. The molecule has 0 atom stereocenters. The molecule has 0 fully saturated rings. The van der Waals surface area contributed by atoms with Gasteiger partial charge in [-0.15, -0.1) is 24.0 Å². The van der Waals surface area contributed by atoms with Crippen molar-refractivity contribution >= 4 is 29.9 Å². The van der Waals surface area contributed by atoms with Crippen LogP contribution in [0.3, 0.4) is 0 Å². The van der Waals surface area contributed by atoms with E-state index in [-0.39, 0.29) is 29.8 Å². The quantitative estimate of drug-likeness (QED) is 0.298. The molecule has 24 heavy (non-hydrogen) atoms. The number of rotatable bonds is 7. The minimum Gasteiger partial charge on any atom is -0.356 e. The van der Waals surface area contributed by atoms with Gasteiger partial charge >= 0.3 is 0 Å². The third kappa shape index (κ3) is 6.46. The van der Waals surface area contributed by atoms with E-state index in [1.165, 1.54) is 12.1 Å². The van der Waals surface area contributed by atoms with E-state index in [2.05, 4.69) is 27.6 Å². The summed E-state index contributed by atoms with van der Waals surface area (Å²) in [6, 6.07) is 8.26. The average molecular weight is 445 g/mol. The van der Waals surface area contributed by atoms with Gasteiger partial charge in [0.15, 0.2) is 5.96 Å². The number of aromatic nitrogens is 2. The van der Waals surface area contributed by atoms with Crippen LogP contribution in [0.4, 0.5) is 4.39 Å². The second-order valence-electron chi connectivity index (χ2n) is 5.26. The fourth-order valence-electron chi connectivity index (χ4n) is 2.15. The lowest BCUT2D eigenvalue weighted by Gasteiger charge is -2.10. The van der Waals surface area contributed by atoms with Gasteiger partial charge in [-0.2, -0.15) is 5.10 Å². The van der Waals surface area contributed by atoms with E-state index in [1.54, 1.807) is 23.9 Å². The predicted octanol–water partition coefficient (Wildman–Crippen LogP) is 3.14. The Balaban J connectivity index is 0.00000288. The zero-order chi connectivity index (χ0) is 16.5. The van der Waals surface area contributed by atoms with Gasteiger partial charge in [-0.3, -0.25) is 4.99 Å². The maximum atomic E-state index is 12.9. The summed E-state index contributed by atoms with van der Waals surface area (Å²) in [4.78, 5) is 4.19. The first-order chi connectivity index (χ1) is 11.2. The van der Waals surface area contributed by atoms with Crippen LogP contribution < -0.4 is 10.6 Å². The normalized spacial score (nSPS) is 11.0. The summed E-state index contributed by atoms with van der Waals surface area (Å²) in [6.07, 6.45) is 4.97. The molecular weight excluding hydrogens is 420 g/mol. The predicted molar refractivity (Wildman–Crippen MR) is 107 cm³/mol.